The van der Waals surface area contributed by atoms with Gasteiger partial charge in [-0.15, -0.1) is 0 Å². The monoisotopic (exact) mass is 335 g/mol. The van der Waals surface area contributed by atoms with Gasteiger partial charge in [0.1, 0.15) is 5.75 Å². The lowest BCUT2D eigenvalue weighted by molar-refractivity contribution is -0.143. The summed E-state index contributed by atoms with van der Waals surface area (Å²) in [5, 5.41) is 9.56. The van der Waals surface area contributed by atoms with Crippen molar-refractivity contribution in [1.29, 1.82) is 0 Å². The molecule has 0 saturated carbocycles. The molecule has 2 fully saturated rings. The molecule has 0 amide bonds. The Labute approximate surface area is 144 Å². The van der Waals surface area contributed by atoms with E-state index in [1.54, 1.807) is 7.11 Å². The number of likely N-dealkylation sites (tertiary alicyclic amines) is 1. The van der Waals surface area contributed by atoms with Gasteiger partial charge in [-0.2, -0.15) is 0 Å². The predicted molar refractivity (Wildman–Crippen MR) is 92.1 cm³/mol. The van der Waals surface area contributed by atoms with Crippen LogP contribution in [0.4, 0.5) is 0 Å². The predicted octanol–water partition coefficient (Wildman–Crippen LogP) is 2.35. The van der Waals surface area contributed by atoms with Gasteiger partial charge in [-0.3, -0.25) is 4.90 Å². The Morgan fingerprint density at radius 2 is 2.25 bits per heavy atom. The van der Waals surface area contributed by atoms with Crippen LogP contribution in [-0.4, -0.2) is 55.1 Å². The first kappa shape index (κ1) is 17.7. The SMILES string of the molecule is CCOc1ccc(CN2CC[C@@]3(CCCO3)[C@@H](OC)C2)cc1CO. The van der Waals surface area contributed by atoms with E-state index in [9.17, 15) is 5.11 Å². The van der Waals surface area contributed by atoms with Gasteiger partial charge in [-0.25, -0.2) is 0 Å². The molecule has 1 aromatic rings. The zero-order valence-electron chi connectivity index (χ0n) is 14.8. The van der Waals surface area contributed by atoms with Gasteiger partial charge < -0.3 is 19.3 Å². The highest BCUT2D eigenvalue weighted by Gasteiger charge is 2.46. The number of rotatable bonds is 6. The molecule has 0 radical (unpaired) electrons. The van der Waals surface area contributed by atoms with Crippen molar-refractivity contribution >= 4 is 0 Å². The lowest BCUT2D eigenvalue weighted by atomic mass is 9.85. The minimum absolute atomic E-state index is 0.000814. The Morgan fingerprint density at radius 3 is 2.92 bits per heavy atom. The van der Waals surface area contributed by atoms with E-state index in [0.29, 0.717) is 6.61 Å². The molecule has 2 aliphatic rings. The molecular weight excluding hydrogens is 306 g/mol. The van der Waals surface area contributed by atoms with Gasteiger partial charge in [0.15, 0.2) is 0 Å². The number of aliphatic hydroxyl groups excluding tert-OH is 1. The maximum Gasteiger partial charge on any atom is 0.124 e. The molecule has 2 heterocycles. The second kappa shape index (κ2) is 7.83. The van der Waals surface area contributed by atoms with E-state index in [2.05, 4.69) is 11.0 Å². The van der Waals surface area contributed by atoms with Gasteiger partial charge in [-0.05, 0) is 43.9 Å². The van der Waals surface area contributed by atoms with E-state index in [1.807, 2.05) is 19.1 Å². The zero-order chi connectivity index (χ0) is 17.0. The quantitative estimate of drug-likeness (QED) is 0.865. The maximum atomic E-state index is 9.56. The lowest BCUT2D eigenvalue weighted by Gasteiger charge is -2.44. The van der Waals surface area contributed by atoms with E-state index in [0.717, 1.165) is 56.8 Å². The number of piperidine rings is 1. The molecule has 1 spiro atoms. The fourth-order valence-electron chi connectivity index (χ4n) is 4.01. The van der Waals surface area contributed by atoms with E-state index >= 15 is 0 Å². The molecule has 0 aromatic heterocycles. The molecule has 5 nitrogen and oxygen atoms in total. The summed E-state index contributed by atoms with van der Waals surface area (Å²) in [6, 6.07) is 6.09. The number of hydrogen-bond donors (Lipinski definition) is 1. The average molecular weight is 335 g/mol. The Bertz CT molecular complexity index is 542. The van der Waals surface area contributed by atoms with Gasteiger partial charge in [0.05, 0.1) is 24.9 Å². The summed E-state index contributed by atoms with van der Waals surface area (Å²) in [5.41, 5.74) is 1.98. The van der Waals surface area contributed by atoms with Crippen LogP contribution in [0.2, 0.25) is 0 Å². The summed E-state index contributed by atoms with van der Waals surface area (Å²) in [4.78, 5) is 2.41. The standard InChI is InChI=1S/C19H29NO4/c1-3-23-17-6-5-15(11-16(17)14-21)12-20-9-8-19(7-4-10-24-19)18(13-20)22-2/h5-6,11,18,21H,3-4,7-10,12-14H2,1-2H3/t18-,19-/m0/s1. The van der Waals surface area contributed by atoms with Crippen molar-refractivity contribution in [3.8, 4) is 5.75 Å². The van der Waals surface area contributed by atoms with Gasteiger partial charge in [0, 0.05) is 38.9 Å². The highest BCUT2D eigenvalue weighted by Crippen LogP contribution is 2.37. The van der Waals surface area contributed by atoms with Crippen LogP contribution in [0.5, 0.6) is 5.75 Å². The molecule has 2 aliphatic heterocycles. The normalized spacial score (nSPS) is 27.7. The summed E-state index contributed by atoms with van der Waals surface area (Å²) in [6.45, 7) is 6.18. The minimum Gasteiger partial charge on any atom is -0.494 e. The second-order valence-corrected chi connectivity index (χ2v) is 6.76. The largest absolute Gasteiger partial charge is 0.494 e. The third-order valence-corrected chi connectivity index (χ3v) is 5.28. The van der Waals surface area contributed by atoms with Gasteiger partial charge >= 0.3 is 0 Å². The Kier molecular flexibility index (Phi) is 5.76. The zero-order valence-corrected chi connectivity index (χ0v) is 14.8. The van der Waals surface area contributed by atoms with Crippen LogP contribution in [0.25, 0.3) is 0 Å². The minimum atomic E-state index is -0.0691. The Hall–Kier alpha value is -1.14. The number of hydrogen-bond acceptors (Lipinski definition) is 5. The van der Waals surface area contributed by atoms with Crippen molar-refractivity contribution < 1.29 is 19.3 Å². The third-order valence-electron chi connectivity index (χ3n) is 5.28. The van der Waals surface area contributed by atoms with Crippen molar-refractivity contribution in [3.63, 3.8) is 0 Å². The summed E-state index contributed by atoms with van der Waals surface area (Å²) < 4.78 is 17.4. The molecule has 0 unspecified atom stereocenters. The molecule has 0 aliphatic carbocycles. The van der Waals surface area contributed by atoms with Crippen molar-refractivity contribution in [3.05, 3.63) is 29.3 Å². The second-order valence-electron chi connectivity index (χ2n) is 6.76. The molecule has 2 atom stereocenters. The first-order chi connectivity index (χ1) is 11.7. The lowest BCUT2D eigenvalue weighted by Crippen LogP contribution is -2.55. The van der Waals surface area contributed by atoms with Crippen LogP contribution in [0.3, 0.4) is 0 Å². The number of nitrogens with zero attached hydrogens (tertiary/aromatic N) is 1. The fourth-order valence-corrected chi connectivity index (χ4v) is 4.01. The van der Waals surface area contributed by atoms with Crippen LogP contribution >= 0.6 is 0 Å². The molecular formula is C19H29NO4. The smallest absolute Gasteiger partial charge is 0.124 e. The number of benzene rings is 1. The highest BCUT2D eigenvalue weighted by atomic mass is 16.5. The van der Waals surface area contributed by atoms with Gasteiger partial charge in [0.2, 0.25) is 0 Å². The highest BCUT2D eigenvalue weighted by molar-refractivity contribution is 5.37. The molecule has 3 rings (SSSR count). The van der Waals surface area contributed by atoms with Crippen molar-refractivity contribution in [2.24, 2.45) is 0 Å². The molecule has 5 heteroatoms. The summed E-state index contributed by atoms with van der Waals surface area (Å²) in [7, 11) is 1.79. The first-order valence-electron chi connectivity index (χ1n) is 8.95. The summed E-state index contributed by atoms with van der Waals surface area (Å²) in [6.07, 6.45) is 3.40. The topological polar surface area (TPSA) is 51.2 Å². The van der Waals surface area contributed by atoms with Gasteiger partial charge in [-0.1, -0.05) is 6.07 Å². The van der Waals surface area contributed by atoms with Crippen LogP contribution in [0, 0.1) is 0 Å². The average Bonchev–Trinajstić information content (AvgIpc) is 3.07. The molecule has 134 valence electrons. The summed E-state index contributed by atoms with van der Waals surface area (Å²) >= 11 is 0. The Balaban J connectivity index is 1.66. The summed E-state index contributed by atoms with van der Waals surface area (Å²) in [5.74, 6) is 0.774. The van der Waals surface area contributed by atoms with Crippen molar-refractivity contribution in [2.45, 2.75) is 51.0 Å². The molecule has 2 saturated heterocycles. The number of aliphatic hydroxyl groups is 1. The molecule has 1 N–H and O–H groups in total. The van der Waals surface area contributed by atoms with Crippen LogP contribution < -0.4 is 4.74 Å². The number of methoxy groups -OCH3 is 1. The van der Waals surface area contributed by atoms with E-state index in [1.165, 1.54) is 5.56 Å². The molecule has 0 bridgehead atoms. The van der Waals surface area contributed by atoms with Crippen molar-refractivity contribution in [2.75, 3.05) is 33.4 Å². The molecule has 1 aromatic carbocycles. The first-order valence-corrected chi connectivity index (χ1v) is 8.95. The van der Waals surface area contributed by atoms with E-state index in [4.69, 9.17) is 14.2 Å². The number of ether oxygens (including phenoxy) is 3. The van der Waals surface area contributed by atoms with Crippen LogP contribution in [0.15, 0.2) is 18.2 Å². The maximum absolute atomic E-state index is 9.56. The Morgan fingerprint density at radius 1 is 1.38 bits per heavy atom. The van der Waals surface area contributed by atoms with Gasteiger partial charge in [0.25, 0.3) is 0 Å². The van der Waals surface area contributed by atoms with Crippen LogP contribution in [-0.2, 0) is 22.6 Å². The fraction of sp³-hybridized carbons (Fsp3) is 0.684. The van der Waals surface area contributed by atoms with Crippen molar-refractivity contribution in [1.82, 2.24) is 4.90 Å². The van der Waals surface area contributed by atoms with E-state index < -0.39 is 0 Å². The van der Waals surface area contributed by atoms with E-state index in [-0.39, 0.29) is 18.3 Å². The van der Waals surface area contributed by atoms with Crippen LogP contribution in [0.1, 0.15) is 37.3 Å². The third kappa shape index (κ3) is 3.59. The molecule has 24 heavy (non-hydrogen) atoms.